The quantitative estimate of drug-likeness (QED) is 0.805. The average Bonchev–Trinajstić information content (AvgIpc) is 2.42. The van der Waals surface area contributed by atoms with Crippen LogP contribution in [0.15, 0.2) is 33.8 Å². The number of hydrogen-bond acceptors (Lipinski definition) is 3. The van der Waals surface area contributed by atoms with E-state index in [-0.39, 0.29) is 16.6 Å². The molecule has 0 fully saturated rings. The van der Waals surface area contributed by atoms with E-state index in [0.29, 0.717) is 5.69 Å². The van der Waals surface area contributed by atoms with Gasteiger partial charge < -0.3 is 0 Å². The summed E-state index contributed by atoms with van der Waals surface area (Å²) < 4.78 is 27.2. The van der Waals surface area contributed by atoms with Crippen LogP contribution in [-0.4, -0.2) is 15.3 Å². The van der Waals surface area contributed by atoms with Crippen LogP contribution in [0.5, 0.6) is 0 Å². The smallest absolute Gasteiger partial charge is 0.268 e. The molecule has 0 N–H and O–H groups in total. The average molecular weight is 343 g/mol. The van der Waals surface area contributed by atoms with Crippen LogP contribution in [0.4, 0.5) is 8.78 Å². The van der Waals surface area contributed by atoms with Crippen LogP contribution >= 0.6 is 15.9 Å². The van der Waals surface area contributed by atoms with Crippen molar-refractivity contribution in [2.45, 2.75) is 13.5 Å². The molecule has 2 aromatic rings. The third-order valence-electron chi connectivity index (χ3n) is 2.71. The van der Waals surface area contributed by atoms with Gasteiger partial charge in [-0.3, -0.25) is 14.2 Å². The first kappa shape index (κ1) is 14.5. The minimum Gasteiger partial charge on any atom is -0.292 e. The molecule has 0 aliphatic carbocycles. The molecule has 0 aliphatic rings. The summed E-state index contributed by atoms with van der Waals surface area (Å²) in [6.45, 7) is 1.35. The normalized spacial score (nSPS) is 10.6. The zero-order valence-electron chi connectivity index (χ0n) is 10.4. The van der Waals surface area contributed by atoms with Crippen molar-refractivity contribution >= 4 is 21.7 Å². The van der Waals surface area contributed by atoms with Crippen molar-refractivity contribution in [1.82, 2.24) is 9.55 Å². The van der Waals surface area contributed by atoms with E-state index in [0.717, 1.165) is 16.7 Å². The minimum absolute atomic E-state index is 0.00695. The van der Waals surface area contributed by atoms with Crippen LogP contribution in [-0.2, 0) is 6.54 Å². The summed E-state index contributed by atoms with van der Waals surface area (Å²) in [5.74, 6) is -2.64. The van der Waals surface area contributed by atoms with E-state index in [1.807, 2.05) is 0 Å². The molecule has 2 rings (SSSR count). The second-order valence-electron chi connectivity index (χ2n) is 4.13. The third-order valence-corrected chi connectivity index (χ3v) is 3.63. The minimum atomic E-state index is -1.11. The van der Waals surface area contributed by atoms with E-state index < -0.39 is 23.0 Å². The van der Waals surface area contributed by atoms with Crippen LogP contribution < -0.4 is 5.56 Å². The number of nitrogens with zero attached hydrogens (tertiary/aromatic N) is 2. The van der Waals surface area contributed by atoms with E-state index in [2.05, 4.69) is 20.9 Å². The highest BCUT2D eigenvalue weighted by Crippen LogP contribution is 2.11. The van der Waals surface area contributed by atoms with Crippen molar-refractivity contribution in [3.05, 3.63) is 62.2 Å². The maximum atomic E-state index is 13.1. The first-order valence-electron chi connectivity index (χ1n) is 5.60. The molecule has 0 saturated carbocycles. The Morgan fingerprint density at radius 1 is 1.35 bits per heavy atom. The number of benzene rings is 1. The lowest BCUT2D eigenvalue weighted by atomic mass is 10.1. The Morgan fingerprint density at radius 3 is 2.70 bits per heavy atom. The number of carbonyl (C=O) groups excluding carboxylic acids is 1. The summed E-state index contributed by atoms with van der Waals surface area (Å²) in [7, 11) is 0. The fourth-order valence-corrected chi connectivity index (χ4v) is 1.90. The predicted molar refractivity (Wildman–Crippen MR) is 71.6 cm³/mol. The van der Waals surface area contributed by atoms with Crippen molar-refractivity contribution in [1.29, 1.82) is 0 Å². The van der Waals surface area contributed by atoms with Crippen LogP contribution in [0.2, 0.25) is 0 Å². The summed E-state index contributed by atoms with van der Waals surface area (Å²) in [6, 6.07) is 2.84. The SMILES string of the molecule is Cc1ncn(CC(=O)c2ccc(F)c(F)c2)c(=O)c1Br. The maximum absolute atomic E-state index is 13.1. The molecule has 0 atom stereocenters. The van der Waals surface area contributed by atoms with Crippen molar-refractivity contribution in [3.63, 3.8) is 0 Å². The van der Waals surface area contributed by atoms with Gasteiger partial charge in [-0.1, -0.05) is 0 Å². The molecule has 0 spiro atoms. The number of halogens is 3. The molecule has 0 bridgehead atoms. The van der Waals surface area contributed by atoms with E-state index >= 15 is 0 Å². The molecule has 104 valence electrons. The Morgan fingerprint density at radius 2 is 2.05 bits per heavy atom. The van der Waals surface area contributed by atoms with Crippen molar-refractivity contribution in [2.24, 2.45) is 0 Å². The summed E-state index contributed by atoms with van der Waals surface area (Å²) in [5.41, 5.74) is 0.0902. The standard InChI is InChI=1S/C13H9BrF2N2O2/c1-7-12(14)13(20)18(6-17-7)5-11(19)8-2-3-9(15)10(16)4-8/h2-4,6H,5H2,1H3. The monoisotopic (exact) mass is 342 g/mol. The fourth-order valence-electron chi connectivity index (χ4n) is 1.57. The number of aryl methyl sites for hydroxylation is 1. The zero-order valence-corrected chi connectivity index (χ0v) is 11.9. The van der Waals surface area contributed by atoms with Gasteiger partial charge in [-0.2, -0.15) is 0 Å². The van der Waals surface area contributed by atoms with Gasteiger partial charge in [-0.25, -0.2) is 13.8 Å². The maximum Gasteiger partial charge on any atom is 0.268 e. The molecule has 0 aliphatic heterocycles. The number of rotatable bonds is 3. The third kappa shape index (κ3) is 2.82. The highest BCUT2D eigenvalue weighted by molar-refractivity contribution is 9.10. The van der Waals surface area contributed by atoms with Crippen molar-refractivity contribution < 1.29 is 13.6 Å². The molecule has 1 aromatic carbocycles. The molecular formula is C13H9BrF2N2O2. The molecule has 0 radical (unpaired) electrons. The lowest BCUT2D eigenvalue weighted by Crippen LogP contribution is -2.26. The summed E-state index contributed by atoms with van der Waals surface area (Å²) >= 11 is 3.08. The highest BCUT2D eigenvalue weighted by atomic mass is 79.9. The summed E-state index contributed by atoms with van der Waals surface area (Å²) in [6.07, 6.45) is 1.24. The number of ketones is 1. The molecule has 0 amide bonds. The van der Waals surface area contributed by atoms with E-state index in [9.17, 15) is 18.4 Å². The Balaban J connectivity index is 2.30. The number of aromatic nitrogens is 2. The first-order valence-corrected chi connectivity index (χ1v) is 6.39. The summed E-state index contributed by atoms with van der Waals surface area (Å²) in [4.78, 5) is 27.7. The molecule has 0 saturated heterocycles. The fraction of sp³-hybridized carbons (Fsp3) is 0.154. The lowest BCUT2D eigenvalue weighted by Gasteiger charge is -2.06. The van der Waals surface area contributed by atoms with Gasteiger partial charge in [0.15, 0.2) is 17.4 Å². The second kappa shape index (κ2) is 5.62. The van der Waals surface area contributed by atoms with Crippen LogP contribution in [0.25, 0.3) is 0 Å². The number of carbonyl (C=O) groups is 1. The summed E-state index contributed by atoms with van der Waals surface area (Å²) in [5, 5.41) is 0. The van der Waals surface area contributed by atoms with Gasteiger partial charge in [0.25, 0.3) is 5.56 Å². The zero-order chi connectivity index (χ0) is 14.9. The van der Waals surface area contributed by atoms with Crippen molar-refractivity contribution in [3.8, 4) is 0 Å². The van der Waals surface area contributed by atoms with E-state index in [1.54, 1.807) is 6.92 Å². The Kier molecular flexibility index (Phi) is 4.08. The molecular weight excluding hydrogens is 334 g/mol. The van der Waals surface area contributed by atoms with E-state index in [4.69, 9.17) is 0 Å². The lowest BCUT2D eigenvalue weighted by molar-refractivity contribution is 0.0969. The van der Waals surface area contributed by atoms with Crippen LogP contribution in [0, 0.1) is 18.6 Å². The second-order valence-corrected chi connectivity index (χ2v) is 4.92. The molecule has 0 unspecified atom stereocenters. The Labute approximate surface area is 121 Å². The van der Waals surface area contributed by atoms with Crippen molar-refractivity contribution in [2.75, 3.05) is 0 Å². The van der Waals surface area contributed by atoms with Gasteiger partial charge >= 0.3 is 0 Å². The number of Topliss-reactive ketones (excluding diaryl/α,β-unsaturated/α-hetero) is 1. The molecule has 7 heteroatoms. The molecule has 1 heterocycles. The molecule has 20 heavy (non-hydrogen) atoms. The number of hydrogen-bond donors (Lipinski definition) is 0. The van der Waals surface area contributed by atoms with Gasteiger partial charge in [-0.05, 0) is 41.1 Å². The highest BCUT2D eigenvalue weighted by Gasteiger charge is 2.13. The molecule has 4 nitrogen and oxygen atoms in total. The van der Waals surface area contributed by atoms with Gasteiger partial charge in [0.05, 0.1) is 18.6 Å². The van der Waals surface area contributed by atoms with E-state index in [1.165, 1.54) is 12.4 Å². The predicted octanol–water partition coefficient (Wildman–Crippen LogP) is 2.48. The Hall–Kier alpha value is -1.89. The molecule has 1 aromatic heterocycles. The van der Waals surface area contributed by atoms with Gasteiger partial charge in [0.1, 0.15) is 4.47 Å². The largest absolute Gasteiger partial charge is 0.292 e. The van der Waals surface area contributed by atoms with Gasteiger partial charge in [0, 0.05) is 5.56 Å². The first-order chi connectivity index (χ1) is 9.40. The Bertz CT molecular complexity index is 744. The van der Waals surface area contributed by atoms with Crippen LogP contribution in [0.1, 0.15) is 16.1 Å². The van der Waals surface area contributed by atoms with Gasteiger partial charge in [0.2, 0.25) is 0 Å². The topological polar surface area (TPSA) is 52.0 Å². The van der Waals surface area contributed by atoms with Gasteiger partial charge in [-0.15, -0.1) is 0 Å². The van der Waals surface area contributed by atoms with Crippen LogP contribution in [0.3, 0.4) is 0 Å².